The Labute approximate surface area is 153 Å². The van der Waals surface area contributed by atoms with Crippen LogP contribution in [0.5, 0.6) is 0 Å². The molecule has 1 aliphatic carbocycles. The molecule has 0 aromatic rings. The first-order valence-corrected chi connectivity index (χ1v) is 10.1. The first-order chi connectivity index (χ1) is 12.0. The molecule has 1 aliphatic rings. The van der Waals surface area contributed by atoms with Gasteiger partial charge in [-0.15, -0.1) is 0 Å². The lowest BCUT2D eigenvalue weighted by molar-refractivity contribution is -0.140. The molecule has 0 saturated heterocycles. The van der Waals surface area contributed by atoms with Crippen molar-refractivity contribution >= 4 is 11.9 Å². The third kappa shape index (κ3) is 14.7. The molecule has 0 heterocycles. The van der Waals surface area contributed by atoms with E-state index < -0.39 is 11.9 Å². The molecule has 0 aromatic heterocycles. The van der Waals surface area contributed by atoms with E-state index in [9.17, 15) is 9.59 Å². The quantitative estimate of drug-likeness (QED) is 0.330. The predicted octanol–water partition coefficient (Wildman–Crippen LogP) is 6.06. The van der Waals surface area contributed by atoms with Gasteiger partial charge in [0.05, 0.1) is 5.92 Å². The Hall–Kier alpha value is -1.32. The van der Waals surface area contributed by atoms with Crippen LogP contribution in [0.1, 0.15) is 97.3 Å². The zero-order chi connectivity index (χ0) is 18.9. The molecule has 0 aliphatic heterocycles. The van der Waals surface area contributed by atoms with E-state index in [2.05, 4.69) is 19.9 Å². The second kappa shape index (κ2) is 16.2. The topological polar surface area (TPSA) is 74.6 Å². The first-order valence-electron chi connectivity index (χ1n) is 10.1. The van der Waals surface area contributed by atoms with E-state index in [1.807, 2.05) is 6.08 Å². The summed E-state index contributed by atoms with van der Waals surface area (Å²) in [5, 5.41) is 17.1. The lowest BCUT2D eigenvalue weighted by Crippen LogP contribution is -2.16. The fraction of sp³-hybridized carbons (Fsp3) is 0.810. The number of rotatable bonds is 12. The third-order valence-corrected chi connectivity index (χ3v) is 4.70. The van der Waals surface area contributed by atoms with E-state index in [1.165, 1.54) is 51.4 Å². The molecule has 0 spiro atoms. The first kappa shape index (κ1) is 23.7. The molecular weight excluding hydrogens is 316 g/mol. The molecule has 0 fully saturated rings. The van der Waals surface area contributed by atoms with Crippen molar-refractivity contribution in [3.63, 3.8) is 0 Å². The number of carboxylic acid groups (broad SMARTS) is 2. The van der Waals surface area contributed by atoms with Gasteiger partial charge in [0.15, 0.2) is 0 Å². The SMILES string of the molecule is CCCCCCC1C=CC(C(=O)O)CC1.CCCCCCCC(=O)O. The molecule has 2 N–H and O–H groups in total. The van der Waals surface area contributed by atoms with Gasteiger partial charge in [0.25, 0.3) is 0 Å². The largest absolute Gasteiger partial charge is 0.481 e. The van der Waals surface area contributed by atoms with Crippen molar-refractivity contribution in [2.24, 2.45) is 11.8 Å². The van der Waals surface area contributed by atoms with Crippen LogP contribution < -0.4 is 0 Å². The Morgan fingerprint density at radius 3 is 1.92 bits per heavy atom. The van der Waals surface area contributed by atoms with Crippen LogP contribution in [0.3, 0.4) is 0 Å². The lowest BCUT2D eigenvalue weighted by Gasteiger charge is -2.20. The molecule has 2 unspecified atom stereocenters. The minimum atomic E-state index is -0.671. The Morgan fingerprint density at radius 2 is 1.44 bits per heavy atom. The van der Waals surface area contributed by atoms with Crippen molar-refractivity contribution in [3.8, 4) is 0 Å². The monoisotopic (exact) mass is 354 g/mol. The van der Waals surface area contributed by atoms with Gasteiger partial charge in [-0.1, -0.05) is 77.4 Å². The Morgan fingerprint density at radius 1 is 0.840 bits per heavy atom. The highest BCUT2D eigenvalue weighted by Gasteiger charge is 2.20. The van der Waals surface area contributed by atoms with Gasteiger partial charge >= 0.3 is 11.9 Å². The fourth-order valence-corrected chi connectivity index (χ4v) is 3.04. The van der Waals surface area contributed by atoms with Crippen molar-refractivity contribution in [3.05, 3.63) is 12.2 Å². The van der Waals surface area contributed by atoms with Crippen LogP contribution in [-0.2, 0) is 9.59 Å². The molecule has 25 heavy (non-hydrogen) atoms. The molecule has 0 amide bonds. The minimum Gasteiger partial charge on any atom is -0.481 e. The molecule has 0 aromatic carbocycles. The smallest absolute Gasteiger partial charge is 0.310 e. The van der Waals surface area contributed by atoms with Crippen LogP contribution in [0.4, 0.5) is 0 Å². The van der Waals surface area contributed by atoms with Crippen LogP contribution >= 0.6 is 0 Å². The number of hydrogen-bond donors (Lipinski definition) is 2. The van der Waals surface area contributed by atoms with E-state index in [-0.39, 0.29) is 5.92 Å². The highest BCUT2D eigenvalue weighted by atomic mass is 16.4. The molecule has 146 valence electrons. The maximum Gasteiger partial charge on any atom is 0.310 e. The summed E-state index contributed by atoms with van der Waals surface area (Å²) < 4.78 is 0. The molecule has 4 nitrogen and oxygen atoms in total. The van der Waals surface area contributed by atoms with Crippen LogP contribution in [0.2, 0.25) is 0 Å². The maximum atomic E-state index is 10.7. The van der Waals surface area contributed by atoms with Crippen LogP contribution in [0, 0.1) is 11.8 Å². The summed E-state index contributed by atoms with van der Waals surface area (Å²) in [5.41, 5.74) is 0. The highest BCUT2D eigenvalue weighted by molar-refractivity contribution is 5.72. The van der Waals surface area contributed by atoms with Crippen LogP contribution in [-0.4, -0.2) is 22.2 Å². The third-order valence-electron chi connectivity index (χ3n) is 4.70. The number of allylic oxidation sites excluding steroid dienone is 1. The standard InChI is InChI=1S/C13H22O2.C8H16O2/c1-2-3-4-5-6-11-7-9-12(10-8-11)13(14)15;1-2-3-4-5-6-7-8(9)10/h7,9,11-12H,2-6,8,10H2,1H3,(H,14,15);2-7H2,1H3,(H,9,10). The van der Waals surface area contributed by atoms with Gasteiger partial charge in [-0.05, 0) is 31.6 Å². The van der Waals surface area contributed by atoms with E-state index in [0.29, 0.717) is 12.3 Å². The van der Waals surface area contributed by atoms with Crippen molar-refractivity contribution in [2.45, 2.75) is 97.3 Å². The number of aliphatic carboxylic acids is 2. The van der Waals surface area contributed by atoms with E-state index in [4.69, 9.17) is 10.2 Å². The number of carbonyl (C=O) groups is 2. The predicted molar refractivity (Wildman–Crippen MR) is 103 cm³/mol. The summed E-state index contributed by atoms with van der Waals surface area (Å²) in [4.78, 5) is 20.7. The zero-order valence-corrected chi connectivity index (χ0v) is 16.2. The van der Waals surface area contributed by atoms with Gasteiger partial charge in [-0.3, -0.25) is 9.59 Å². The molecule has 0 radical (unpaired) electrons. The van der Waals surface area contributed by atoms with Crippen molar-refractivity contribution in [1.29, 1.82) is 0 Å². The van der Waals surface area contributed by atoms with Crippen molar-refractivity contribution < 1.29 is 19.8 Å². The van der Waals surface area contributed by atoms with Gasteiger partial charge in [0.2, 0.25) is 0 Å². The van der Waals surface area contributed by atoms with Gasteiger partial charge in [0, 0.05) is 6.42 Å². The van der Waals surface area contributed by atoms with Crippen LogP contribution in [0.25, 0.3) is 0 Å². The number of unbranched alkanes of at least 4 members (excludes halogenated alkanes) is 7. The van der Waals surface area contributed by atoms with Gasteiger partial charge in [-0.25, -0.2) is 0 Å². The van der Waals surface area contributed by atoms with Gasteiger partial charge < -0.3 is 10.2 Å². The minimum absolute atomic E-state index is 0.225. The number of carboxylic acids is 2. The van der Waals surface area contributed by atoms with Gasteiger partial charge in [0.1, 0.15) is 0 Å². The molecule has 0 bridgehead atoms. The normalized spacial score (nSPS) is 19.1. The molecule has 4 heteroatoms. The Bertz CT molecular complexity index is 376. The van der Waals surface area contributed by atoms with Crippen molar-refractivity contribution in [2.75, 3.05) is 0 Å². The van der Waals surface area contributed by atoms with E-state index in [0.717, 1.165) is 25.7 Å². The summed E-state index contributed by atoms with van der Waals surface area (Å²) >= 11 is 0. The Balaban J connectivity index is 0.000000504. The summed E-state index contributed by atoms with van der Waals surface area (Å²) in [6.45, 7) is 4.37. The summed E-state index contributed by atoms with van der Waals surface area (Å²) in [6, 6.07) is 0. The summed E-state index contributed by atoms with van der Waals surface area (Å²) in [7, 11) is 0. The summed E-state index contributed by atoms with van der Waals surface area (Å²) in [5.74, 6) is -0.929. The summed E-state index contributed by atoms with van der Waals surface area (Å²) in [6.07, 6.45) is 18.2. The van der Waals surface area contributed by atoms with E-state index >= 15 is 0 Å². The molecule has 0 saturated carbocycles. The second-order valence-electron chi connectivity index (χ2n) is 7.07. The highest BCUT2D eigenvalue weighted by Crippen LogP contribution is 2.26. The number of hydrogen-bond acceptors (Lipinski definition) is 2. The Kier molecular flexibility index (Phi) is 15.3. The lowest BCUT2D eigenvalue weighted by atomic mass is 9.86. The van der Waals surface area contributed by atoms with Gasteiger partial charge in [-0.2, -0.15) is 0 Å². The van der Waals surface area contributed by atoms with Crippen molar-refractivity contribution in [1.82, 2.24) is 0 Å². The van der Waals surface area contributed by atoms with Crippen LogP contribution in [0.15, 0.2) is 12.2 Å². The fourth-order valence-electron chi connectivity index (χ4n) is 3.04. The average Bonchev–Trinajstić information content (AvgIpc) is 2.59. The zero-order valence-electron chi connectivity index (χ0n) is 16.2. The second-order valence-corrected chi connectivity index (χ2v) is 7.07. The molecule has 1 rings (SSSR count). The maximum absolute atomic E-state index is 10.7. The van der Waals surface area contributed by atoms with E-state index in [1.54, 1.807) is 0 Å². The molecule has 2 atom stereocenters. The average molecular weight is 355 g/mol. The molecular formula is C21H38O4.